The van der Waals surface area contributed by atoms with Crippen LogP contribution in [0, 0.1) is 6.92 Å². The summed E-state index contributed by atoms with van der Waals surface area (Å²) in [5, 5.41) is 11.4. The van der Waals surface area contributed by atoms with Gasteiger partial charge in [-0.2, -0.15) is 0 Å². The van der Waals surface area contributed by atoms with Gasteiger partial charge in [0.05, 0.1) is 19.2 Å². The van der Waals surface area contributed by atoms with Gasteiger partial charge in [-0.1, -0.05) is 34.1 Å². The first-order chi connectivity index (χ1) is 11.2. The number of methoxy groups -OCH3 is 1. The summed E-state index contributed by atoms with van der Waals surface area (Å²) in [5.41, 5.74) is 2.96. The van der Waals surface area contributed by atoms with Gasteiger partial charge < -0.3 is 14.5 Å². The van der Waals surface area contributed by atoms with Crippen LogP contribution in [-0.2, 0) is 6.54 Å². The fourth-order valence-electron chi connectivity index (χ4n) is 2.14. The molecule has 0 saturated heterocycles. The molecule has 3 aromatic rings. The molecule has 5 nitrogen and oxygen atoms in total. The number of anilines is 1. The number of hydrogen-bond acceptors (Lipinski definition) is 5. The lowest BCUT2D eigenvalue weighted by molar-refractivity contribution is 0.413. The fourth-order valence-corrected chi connectivity index (χ4v) is 2.51. The van der Waals surface area contributed by atoms with Crippen molar-refractivity contribution in [2.45, 2.75) is 13.5 Å². The molecule has 2 aromatic carbocycles. The molecule has 0 atom stereocenters. The van der Waals surface area contributed by atoms with Crippen LogP contribution in [0.5, 0.6) is 5.75 Å². The molecule has 0 spiro atoms. The third-order valence-corrected chi connectivity index (χ3v) is 4.27. The second kappa shape index (κ2) is 6.83. The molecule has 0 aliphatic heterocycles. The van der Waals surface area contributed by atoms with Crippen LogP contribution in [0.25, 0.3) is 11.5 Å². The molecule has 0 saturated carbocycles. The average Bonchev–Trinajstić information content (AvgIpc) is 3.04. The van der Waals surface area contributed by atoms with Crippen molar-refractivity contribution in [1.82, 2.24) is 10.2 Å². The number of aryl methyl sites for hydroxylation is 1. The highest BCUT2D eigenvalue weighted by Gasteiger charge is 2.12. The van der Waals surface area contributed by atoms with E-state index in [0.717, 1.165) is 15.7 Å². The van der Waals surface area contributed by atoms with Gasteiger partial charge in [0.15, 0.2) is 0 Å². The molecule has 0 amide bonds. The van der Waals surface area contributed by atoms with Gasteiger partial charge in [-0.25, -0.2) is 0 Å². The van der Waals surface area contributed by atoms with E-state index in [2.05, 4.69) is 31.4 Å². The highest BCUT2D eigenvalue weighted by atomic mass is 79.9. The van der Waals surface area contributed by atoms with Crippen LogP contribution in [-0.4, -0.2) is 17.3 Å². The van der Waals surface area contributed by atoms with Gasteiger partial charge in [0.1, 0.15) is 5.75 Å². The van der Waals surface area contributed by atoms with Crippen molar-refractivity contribution in [3.8, 4) is 17.2 Å². The molecule has 6 heteroatoms. The van der Waals surface area contributed by atoms with Gasteiger partial charge >= 0.3 is 0 Å². The van der Waals surface area contributed by atoms with E-state index < -0.39 is 0 Å². The van der Waals surface area contributed by atoms with Crippen molar-refractivity contribution in [2.75, 3.05) is 12.4 Å². The van der Waals surface area contributed by atoms with Crippen molar-refractivity contribution < 1.29 is 9.15 Å². The summed E-state index contributed by atoms with van der Waals surface area (Å²) >= 11 is 3.52. The van der Waals surface area contributed by atoms with Crippen molar-refractivity contribution in [3.63, 3.8) is 0 Å². The van der Waals surface area contributed by atoms with Gasteiger partial charge in [-0.15, -0.1) is 10.2 Å². The standard InChI is InChI=1S/C17H16BrN3O2/c1-11-7-8-12(9-14(11)18)19-10-16-20-21-17(23-16)13-5-3-4-6-15(13)22-2/h3-9,19H,10H2,1-2H3. The first kappa shape index (κ1) is 15.6. The van der Waals surface area contributed by atoms with Crippen molar-refractivity contribution >= 4 is 21.6 Å². The normalized spacial score (nSPS) is 10.6. The molecule has 0 aliphatic rings. The number of benzene rings is 2. The maximum Gasteiger partial charge on any atom is 0.251 e. The fraction of sp³-hybridized carbons (Fsp3) is 0.176. The predicted octanol–water partition coefficient (Wildman–Crippen LogP) is 4.43. The summed E-state index contributed by atoms with van der Waals surface area (Å²) in [4.78, 5) is 0. The summed E-state index contributed by atoms with van der Waals surface area (Å²) in [6, 6.07) is 13.6. The van der Waals surface area contributed by atoms with Gasteiger partial charge in [-0.05, 0) is 36.8 Å². The van der Waals surface area contributed by atoms with Crippen LogP contribution in [0.2, 0.25) is 0 Å². The maximum absolute atomic E-state index is 5.71. The number of nitrogens with one attached hydrogen (secondary N) is 1. The highest BCUT2D eigenvalue weighted by molar-refractivity contribution is 9.10. The molecule has 3 rings (SSSR count). The zero-order valence-electron chi connectivity index (χ0n) is 12.8. The van der Waals surface area contributed by atoms with E-state index in [9.17, 15) is 0 Å². The zero-order chi connectivity index (χ0) is 16.2. The third kappa shape index (κ3) is 3.53. The summed E-state index contributed by atoms with van der Waals surface area (Å²) < 4.78 is 12.1. The van der Waals surface area contributed by atoms with E-state index in [1.165, 1.54) is 5.56 Å². The first-order valence-electron chi connectivity index (χ1n) is 7.13. The summed E-state index contributed by atoms with van der Waals surface area (Å²) in [7, 11) is 1.62. The summed E-state index contributed by atoms with van der Waals surface area (Å²) in [5.74, 6) is 1.67. The quantitative estimate of drug-likeness (QED) is 0.716. The SMILES string of the molecule is COc1ccccc1-c1nnc(CNc2ccc(C)c(Br)c2)o1. The van der Waals surface area contributed by atoms with Gasteiger partial charge in [0.25, 0.3) is 5.89 Å². The molecular weight excluding hydrogens is 358 g/mol. The third-order valence-electron chi connectivity index (χ3n) is 3.42. The Hall–Kier alpha value is -2.34. The van der Waals surface area contributed by atoms with E-state index in [-0.39, 0.29) is 0 Å². The number of hydrogen-bond donors (Lipinski definition) is 1. The van der Waals surface area contributed by atoms with Crippen LogP contribution < -0.4 is 10.1 Å². The molecule has 0 fully saturated rings. The van der Waals surface area contributed by atoms with Crippen molar-refractivity contribution in [1.29, 1.82) is 0 Å². The maximum atomic E-state index is 5.71. The van der Waals surface area contributed by atoms with Crippen LogP contribution in [0.4, 0.5) is 5.69 Å². The van der Waals surface area contributed by atoms with E-state index in [4.69, 9.17) is 9.15 Å². The lowest BCUT2D eigenvalue weighted by Gasteiger charge is -2.06. The Morgan fingerprint density at radius 1 is 1.17 bits per heavy atom. The lowest BCUT2D eigenvalue weighted by atomic mass is 10.2. The van der Waals surface area contributed by atoms with E-state index in [1.807, 2.05) is 49.4 Å². The lowest BCUT2D eigenvalue weighted by Crippen LogP contribution is -1.99. The highest BCUT2D eigenvalue weighted by Crippen LogP contribution is 2.28. The van der Waals surface area contributed by atoms with Crippen LogP contribution in [0.15, 0.2) is 51.4 Å². The molecule has 0 radical (unpaired) electrons. The molecule has 1 heterocycles. The van der Waals surface area contributed by atoms with E-state index >= 15 is 0 Å². The minimum atomic E-state index is 0.448. The number of nitrogens with zero attached hydrogens (tertiary/aromatic N) is 2. The van der Waals surface area contributed by atoms with Gasteiger partial charge in [0, 0.05) is 10.2 Å². The zero-order valence-corrected chi connectivity index (χ0v) is 14.4. The van der Waals surface area contributed by atoms with Crippen molar-refractivity contribution in [2.24, 2.45) is 0 Å². The number of para-hydroxylation sites is 1. The average molecular weight is 374 g/mol. The van der Waals surface area contributed by atoms with Crippen LogP contribution >= 0.6 is 15.9 Å². The number of aromatic nitrogens is 2. The number of rotatable bonds is 5. The molecule has 0 unspecified atom stereocenters. The largest absolute Gasteiger partial charge is 0.496 e. The van der Waals surface area contributed by atoms with Gasteiger partial charge in [-0.3, -0.25) is 0 Å². The smallest absolute Gasteiger partial charge is 0.251 e. The molecule has 1 N–H and O–H groups in total. The molecule has 0 aliphatic carbocycles. The van der Waals surface area contributed by atoms with Crippen LogP contribution in [0.3, 0.4) is 0 Å². The summed E-state index contributed by atoms with van der Waals surface area (Å²) in [6.45, 7) is 2.50. The molecule has 1 aromatic heterocycles. The molecular formula is C17H16BrN3O2. The Balaban J connectivity index is 1.73. The second-order valence-corrected chi connectivity index (χ2v) is 5.87. The van der Waals surface area contributed by atoms with Crippen molar-refractivity contribution in [3.05, 3.63) is 58.4 Å². The summed E-state index contributed by atoms with van der Waals surface area (Å²) in [6.07, 6.45) is 0. The molecule has 118 valence electrons. The number of ether oxygens (including phenoxy) is 1. The first-order valence-corrected chi connectivity index (χ1v) is 7.92. The van der Waals surface area contributed by atoms with Gasteiger partial charge in [0.2, 0.25) is 5.89 Å². The van der Waals surface area contributed by atoms with Crippen LogP contribution in [0.1, 0.15) is 11.5 Å². The monoisotopic (exact) mass is 373 g/mol. The minimum absolute atomic E-state index is 0.448. The molecule has 23 heavy (non-hydrogen) atoms. The Morgan fingerprint density at radius 3 is 2.78 bits per heavy atom. The van der Waals surface area contributed by atoms with E-state index in [1.54, 1.807) is 7.11 Å². The predicted molar refractivity (Wildman–Crippen MR) is 92.5 cm³/mol. The Labute approximate surface area is 142 Å². The number of halogens is 1. The molecule has 0 bridgehead atoms. The Bertz CT molecular complexity index is 817. The second-order valence-electron chi connectivity index (χ2n) is 5.02. The Morgan fingerprint density at radius 2 is 2.00 bits per heavy atom. The van der Waals surface area contributed by atoms with E-state index in [0.29, 0.717) is 24.1 Å². The topological polar surface area (TPSA) is 60.2 Å². The Kier molecular flexibility index (Phi) is 4.62. The minimum Gasteiger partial charge on any atom is -0.496 e.